The highest BCUT2D eigenvalue weighted by Gasteiger charge is 2.10. The molecule has 1 aromatic rings. The molecular formula is C13H17BrINO. The molecule has 0 radical (unpaired) electrons. The third-order valence-electron chi connectivity index (χ3n) is 2.57. The van der Waals surface area contributed by atoms with Crippen LogP contribution in [0.15, 0.2) is 24.3 Å². The minimum Gasteiger partial charge on any atom is -0.342 e. The Kier molecular flexibility index (Phi) is 7.11. The fourth-order valence-electron chi connectivity index (χ4n) is 1.53. The largest absolute Gasteiger partial charge is 0.342 e. The van der Waals surface area contributed by atoms with Crippen molar-refractivity contribution in [2.24, 2.45) is 0 Å². The van der Waals surface area contributed by atoms with Gasteiger partial charge in [0.05, 0.1) is 0 Å². The third-order valence-corrected chi connectivity index (χ3v) is 3.84. The van der Waals surface area contributed by atoms with Crippen LogP contribution in [-0.2, 0) is 0 Å². The van der Waals surface area contributed by atoms with Crippen LogP contribution in [0.2, 0.25) is 0 Å². The molecule has 0 heterocycles. The molecule has 0 aliphatic rings. The van der Waals surface area contributed by atoms with E-state index < -0.39 is 0 Å². The molecule has 0 aliphatic carbocycles. The molecule has 0 atom stereocenters. The number of nitrogens with zero attached hydrogens (tertiary/aromatic N) is 1. The van der Waals surface area contributed by atoms with Crippen molar-refractivity contribution >= 4 is 44.4 Å². The van der Waals surface area contributed by atoms with Gasteiger partial charge in [0, 0.05) is 28.1 Å². The summed E-state index contributed by atoms with van der Waals surface area (Å²) in [5.74, 6) is 0.111. The van der Waals surface area contributed by atoms with Crippen molar-refractivity contribution in [3.05, 3.63) is 33.4 Å². The fourth-order valence-corrected chi connectivity index (χ4v) is 2.29. The highest BCUT2D eigenvalue weighted by atomic mass is 127. The van der Waals surface area contributed by atoms with Crippen LogP contribution in [0.4, 0.5) is 0 Å². The first kappa shape index (κ1) is 15.0. The van der Waals surface area contributed by atoms with E-state index in [9.17, 15) is 4.79 Å². The normalized spacial score (nSPS) is 10.3. The van der Waals surface area contributed by atoms with Gasteiger partial charge in [0.25, 0.3) is 5.91 Å². The second kappa shape index (κ2) is 8.08. The predicted molar refractivity (Wildman–Crippen MR) is 83.8 cm³/mol. The number of benzene rings is 1. The number of halogens is 2. The van der Waals surface area contributed by atoms with E-state index in [1.165, 1.54) is 6.42 Å². The lowest BCUT2D eigenvalue weighted by Crippen LogP contribution is -2.27. The van der Waals surface area contributed by atoms with Gasteiger partial charge in [-0.05, 0) is 59.7 Å². The van der Waals surface area contributed by atoms with E-state index in [1.807, 2.05) is 31.3 Å². The third kappa shape index (κ3) is 5.38. The molecule has 0 aromatic heterocycles. The molecule has 0 saturated carbocycles. The maximum atomic E-state index is 12.0. The van der Waals surface area contributed by atoms with Gasteiger partial charge in [-0.3, -0.25) is 4.79 Å². The Morgan fingerprint density at radius 3 is 2.47 bits per heavy atom. The molecule has 0 N–H and O–H groups in total. The van der Waals surface area contributed by atoms with E-state index in [0.717, 1.165) is 33.9 Å². The first-order chi connectivity index (χ1) is 8.15. The lowest BCUT2D eigenvalue weighted by molar-refractivity contribution is 0.0792. The average Bonchev–Trinajstić information content (AvgIpc) is 2.34. The van der Waals surface area contributed by atoms with Gasteiger partial charge < -0.3 is 4.90 Å². The van der Waals surface area contributed by atoms with Crippen LogP contribution in [-0.4, -0.2) is 29.7 Å². The van der Waals surface area contributed by atoms with Crippen molar-refractivity contribution in [1.29, 1.82) is 0 Å². The molecule has 17 heavy (non-hydrogen) atoms. The minimum atomic E-state index is 0.111. The van der Waals surface area contributed by atoms with E-state index in [2.05, 4.69) is 38.5 Å². The molecule has 0 fully saturated rings. The number of amides is 1. The van der Waals surface area contributed by atoms with Crippen molar-refractivity contribution in [3.8, 4) is 0 Å². The maximum Gasteiger partial charge on any atom is 0.253 e. The number of carbonyl (C=O) groups excluding carboxylic acids is 1. The van der Waals surface area contributed by atoms with Gasteiger partial charge in [0.15, 0.2) is 0 Å². The first-order valence-corrected chi connectivity index (χ1v) is 7.92. The van der Waals surface area contributed by atoms with Gasteiger partial charge in [-0.25, -0.2) is 0 Å². The highest BCUT2D eigenvalue weighted by molar-refractivity contribution is 14.1. The topological polar surface area (TPSA) is 20.3 Å². The molecule has 4 heteroatoms. The monoisotopic (exact) mass is 409 g/mol. The second-order valence-corrected chi connectivity index (χ2v) is 6.02. The summed E-state index contributed by atoms with van der Waals surface area (Å²) < 4.78 is 1.15. The summed E-state index contributed by atoms with van der Waals surface area (Å²) in [6.07, 6.45) is 3.40. The van der Waals surface area contributed by atoms with Gasteiger partial charge in [-0.2, -0.15) is 0 Å². The Hall–Kier alpha value is -0.100. The predicted octanol–water partition coefficient (Wildman–Crippen LogP) is 3.93. The van der Waals surface area contributed by atoms with Gasteiger partial charge in [-0.15, -0.1) is 0 Å². The molecule has 0 bridgehead atoms. The molecule has 0 saturated heterocycles. The van der Waals surface area contributed by atoms with E-state index in [1.54, 1.807) is 4.90 Å². The van der Waals surface area contributed by atoms with Crippen molar-refractivity contribution < 1.29 is 4.79 Å². The zero-order valence-electron chi connectivity index (χ0n) is 9.96. The lowest BCUT2D eigenvalue weighted by atomic mass is 10.2. The Bertz CT molecular complexity index is 353. The molecule has 0 unspecified atom stereocenters. The van der Waals surface area contributed by atoms with Crippen LogP contribution in [0, 0.1) is 3.57 Å². The van der Waals surface area contributed by atoms with Crippen LogP contribution in [0.1, 0.15) is 29.6 Å². The standard InChI is InChI=1S/C13H17BrINO/c1-16(10-4-2-3-9-14)13(17)11-5-7-12(15)8-6-11/h5-8H,2-4,9-10H2,1H3. The Balaban J connectivity index is 2.43. The molecule has 2 nitrogen and oxygen atoms in total. The van der Waals surface area contributed by atoms with Crippen molar-refractivity contribution in [2.45, 2.75) is 19.3 Å². The van der Waals surface area contributed by atoms with Gasteiger partial charge in [0.1, 0.15) is 0 Å². The van der Waals surface area contributed by atoms with Crippen molar-refractivity contribution in [2.75, 3.05) is 18.9 Å². The SMILES string of the molecule is CN(CCCCCBr)C(=O)c1ccc(I)cc1. The number of rotatable bonds is 6. The van der Waals surface area contributed by atoms with Gasteiger partial charge in [-0.1, -0.05) is 22.4 Å². The summed E-state index contributed by atoms with van der Waals surface area (Å²) in [4.78, 5) is 13.8. The van der Waals surface area contributed by atoms with Crippen LogP contribution < -0.4 is 0 Å². The number of hydrogen-bond donors (Lipinski definition) is 0. The average molecular weight is 410 g/mol. The molecule has 1 aromatic carbocycles. The zero-order valence-corrected chi connectivity index (χ0v) is 13.7. The van der Waals surface area contributed by atoms with Crippen LogP contribution in [0.5, 0.6) is 0 Å². The highest BCUT2D eigenvalue weighted by Crippen LogP contribution is 2.09. The number of hydrogen-bond acceptors (Lipinski definition) is 1. The summed E-state index contributed by atoms with van der Waals surface area (Å²) in [6.45, 7) is 0.831. The van der Waals surface area contributed by atoms with Crippen LogP contribution >= 0.6 is 38.5 Å². The smallest absolute Gasteiger partial charge is 0.253 e. The fraction of sp³-hybridized carbons (Fsp3) is 0.462. The molecule has 1 amide bonds. The first-order valence-electron chi connectivity index (χ1n) is 5.72. The number of carbonyl (C=O) groups is 1. The van der Waals surface area contributed by atoms with Gasteiger partial charge >= 0.3 is 0 Å². The van der Waals surface area contributed by atoms with E-state index in [0.29, 0.717) is 0 Å². The molecule has 94 valence electrons. The maximum absolute atomic E-state index is 12.0. The second-order valence-electron chi connectivity index (χ2n) is 3.98. The summed E-state index contributed by atoms with van der Waals surface area (Å²) in [6, 6.07) is 7.71. The summed E-state index contributed by atoms with van der Waals surface area (Å²) in [7, 11) is 1.87. The summed E-state index contributed by atoms with van der Waals surface area (Å²) in [5.41, 5.74) is 0.772. The minimum absolute atomic E-state index is 0.111. The Morgan fingerprint density at radius 1 is 1.24 bits per heavy atom. The Labute approximate surface area is 125 Å². The van der Waals surface area contributed by atoms with E-state index in [-0.39, 0.29) is 5.91 Å². The van der Waals surface area contributed by atoms with E-state index in [4.69, 9.17) is 0 Å². The summed E-state index contributed by atoms with van der Waals surface area (Å²) >= 11 is 5.65. The molecule has 1 rings (SSSR count). The number of unbranched alkanes of at least 4 members (excludes halogenated alkanes) is 2. The van der Waals surface area contributed by atoms with Crippen LogP contribution in [0.25, 0.3) is 0 Å². The quantitative estimate of drug-likeness (QED) is 0.396. The zero-order chi connectivity index (χ0) is 12.7. The number of alkyl halides is 1. The van der Waals surface area contributed by atoms with E-state index >= 15 is 0 Å². The molecule has 0 spiro atoms. The summed E-state index contributed by atoms with van der Waals surface area (Å²) in [5, 5.41) is 1.04. The Morgan fingerprint density at radius 2 is 1.88 bits per heavy atom. The molecule has 0 aliphatic heterocycles. The lowest BCUT2D eigenvalue weighted by Gasteiger charge is -2.17. The molecular weight excluding hydrogens is 393 g/mol. The van der Waals surface area contributed by atoms with Crippen molar-refractivity contribution in [1.82, 2.24) is 4.90 Å². The van der Waals surface area contributed by atoms with Crippen molar-refractivity contribution in [3.63, 3.8) is 0 Å². The van der Waals surface area contributed by atoms with Crippen LogP contribution in [0.3, 0.4) is 0 Å². The van der Waals surface area contributed by atoms with Gasteiger partial charge in [0.2, 0.25) is 0 Å².